The van der Waals surface area contributed by atoms with E-state index in [1.807, 2.05) is 12.1 Å². The van der Waals surface area contributed by atoms with Gasteiger partial charge < -0.3 is 10.6 Å². The van der Waals surface area contributed by atoms with E-state index in [4.69, 9.17) is 5.73 Å². The Morgan fingerprint density at radius 2 is 2.19 bits per heavy atom. The van der Waals surface area contributed by atoms with Crippen molar-refractivity contribution in [1.82, 2.24) is 9.88 Å². The lowest BCUT2D eigenvalue weighted by Gasteiger charge is -2.30. The van der Waals surface area contributed by atoms with Crippen molar-refractivity contribution in [3.05, 3.63) is 30.5 Å². The second-order valence-electron chi connectivity index (χ2n) is 5.88. The first kappa shape index (κ1) is 14.1. The number of anilines is 2. The molecule has 0 aliphatic carbocycles. The number of nitrogens with zero attached hydrogens (tertiary/aromatic N) is 3. The minimum absolute atomic E-state index is 0.631. The largest absolute Gasteiger partial charge is 0.396 e. The van der Waals surface area contributed by atoms with E-state index < -0.39 is 0 Å². The average molecular weight is 284 g/mol. The molecule has 2 N–H and O–H groups in total. The maximum Gasteiger partial charge on any atom is 0.0745 e. The van der Waals surface area contributed by atoms with Crippen LogP contribution in [0.2, 0.25) is 0 Å². The fourth-order valence-electron chi connectivity index (χ4n) is 3.49. The number of nitrogens with two attached hydrogens (primary N) is 1. The first-order valence-electron chi connectivity index (χ1n) is 7.79. The van der Waals surface area contributed by atoms with Gasteiger partial charge in [-0.25, -0.2) is 0 Å². The van der Waals surface area contributed by atoms with Gasteiger partial charge in [0.25, 0.3) is 0 Å². The molecule has 2 aromatic rings. The van der Waals surface area contributed by atoms with Crippen LogP contribution in [0.5, 0.6) is 0 Å². The SMILES string of the molecule is CCN1CCCC1CN(C)c1c(N)cnc2ccccc12. The van der Waals surface area contributed by atoms with Crippen LogP contribution in [0.1, 0.15) is 19.8 Å². The van der Waals surface area contributed by atoms with E-state index in [0.29, 0.717) is 6.04 Å². The summed E-state index contributed by atoms with van der Waals surface area (Å²) in [4.78, 5) is 9.29. The third-order valence-electron chi connectivity index (χ3n) is 4.55. The Balaban J connectivity index is 1.90. The number of hydrogen-bond acceptors (Lipinski definition) is 4. The highest BCUT2D eigenvalue weighted by atomic mass is 15.2. The molecule has 1 atom stereocenters. The van der Waals surface area contributed by atoms with E-state index in [1.165, 1.54) is 19.4 Å². The summed E-state index contributed by atoms with van der Waals surface area (Å²) in [6.07, 6.45) is 4.36. The fourth-order valence-corrected chi connectivity index (χ4v) is 3.49. The molecular weight excluding hydrogens is 260 g/mol. The van der Waals surface area contributed by atoms with Crippen LogP contribution in [0.25, 0.3) is 10.9 Å². The van der Waals surface area contributed by atoms with Gasteiger partial charge in [-0.2, -0.15) is 0 Å². The van der Waals surface area contributed by atoms with Gasteiger partial charge in [0.15, 0.2) is 0 Å². The van der Waals surface area contributed by atoms with Gasteiger partial charge in [0.1, 0.15) is 0 Å². The molecule has 1 aliphatic heterocycles. The van der Waals surface area contributed by atoms with Gasteiger partial charge in [-0.1, -0.05) is 25.1 Å². The summed E-state index contributed by atoms with van der Waals surface area (Å²) >= 11 is 0. The van der Waals surface area contributed by atoms with E-state index in [0.717, 1.165) is 35.4 Å². The Bertz CT molecular complexity index is 625. The normalized spacial score (nSPS) is 19.2. The zero-order chi connectivity index (χ0) is 14.8. The van der Waals surface area contributed by atoms with E-state index in [2.05, 4.69) is 40.9 Å². The van der Waals surface area contributed by atoms with Crippen molar-refractivity contribution in [2.24, 2.45) is 0 Å². The smallest absolute Gasteiger partial charge is 0.0745 e. The van der Waals surface area contributed by atoms with Gasteiger partial charge in [0.2, 0.25) is 0 Å². The molecule has 1 aromatic heterocycles. The first-order valence-corrected chi connectivity index (χ1v) is 7.79. The highest BCUT2D eigenvalue weighted by Crippen LogP contribution is 2.31. The average Bonchev–Trinajstić information content (AvgIpc) is 2.94. The number of benzene rings is 1. The Hall–Kier alpha value is -1.81. The minimum Gasteiger partial charge on any atom is -0.396 e. The van der Waals surface area contributed by atoms with Crippen LogP contribution in [0, 0.1) is 0 Å². The number of nitrogen functional groups attached to an aromatic ring is 1. The lowest BCUT2D eigenvalue weighted by molar-refractivity contribution is 0.271. The molecule has 21 heavy (non-hydrogen) atoms. The van der Waals surface area contributed by atoms with Crippen molar-refractivity contribution in [2.45, 2.75) is 25.8 Å². The molecular formula is C17H24N4. The first-order chi connectivity index (χ1) is 10.2. The molecule has 112 valence electrons. The summed E-state index contributed by atoms with van der Waals surface area (Å²) in [5.41, 5.74) is 9.09. The summed E-state index contributed by atoms with van der Waals surface area (Å²) in [5, 5.41) is 1.14. The maximum atomic E-state index is 6.21. The molecule has 1 aromatic carbocycles. The van der Waals surface area contributed by atoms with Gasteiger partial charge >= 0.3 is 0 Å². The van der Waals surface area contributed by atoms with Crippen molar-refractivity contribution < 1.29 is 0 Å². The van der Waals surface area contributed by atoms with Crippen LogP contribution in [0.3, 0.4) is 0 Å². The summed E-state index contributed by atoms with van der Waals surface area (Å²) in [6.45, 7) is 5.62. The van der Waals surface area contributed by atoms with Gasteiger partial charge in [0, 0.05) is 25.0 Å². The van der Waals surface area contributed by atoms with Gasteiger partial charge in [0.05, 0.1) is 23.1 Å². The molecule has 4 nitrogen and oxygen atoms in total. The Morgan fingerprint density at radius 3 is 3.00 bits per heavy atom. The van der Waals surface area contributed by atoms with Crippen LogP contribution in [0.4, 0.5) is 11.4 Å². The zero-order valence-electron chi connectivity index (χ0n) is 12.9. The number of likely N-dealkylation sites (N-methyl/N-ethyl adjacent to an activating group) is 2. The Morgan fingerprint density at radius 1 is 1.38 bits per heavy atom. The third-order valence-corrected chi connectivity index (χ3v) is 4.55. The summed E-state index contributed by atoms with van der Waals surface area (Å²) in [6, 6.07) is 8.85. The molecule has 1 fully saturated rings. The van der Waals surface area contributed by atoms with E-state index >= 15 is 0 Å². The highest BCUT2D eigenvalue weighted by Gasteiger charge is 2.25. The van der Waals surface area contributed by atoms with Crippen LogP contribution >= 0.6 is 0 Å². The maximum absolute atomic E-state index is 6.21. The molecule has 0 amide bonds. The quantitative estimate of drug-likeness (QED) is 0.937. The standard InChI is InChI=1S/C17H24N4/c1-3-21-10-6-7-13(21)12-20(2)17-14-8-4-5-9-16(14)19-11-15(17)18/h4-5,8-9,11,13H,3,6-7,10,12,18H2,1-2H3. The molecule has 1 unspecified atom stereocenters. The third kappa shape index (κ3) is 2.68. The van der Waals surface area contributed by atoms with E-state index in [9.17, 15) is 0 Å². The van der Waals surface area contributed by atoms with Crippen molar-refractivity contribution in [2.75, 3.05) is 37.3 Å². The van der Waals surface area contributed by atoms with Crippen molar-refractivity contribution in [3.8, 4) is 0 Å². The summed E-state index contributed by atoms with van der Waals surface area (Å²) in [7, 11) is 2.14. The monoisotopic (exact) mass is 284 g/mol. The van der Waals surface area contributed by atoms with Crippen LogP contribution in [-0.4, -0.2) is 42.6 Å². The van der Waals surface area contributed by atoms with E-state index in [-0.39, 0.29) is 0 Å². The molecule has 0 bridgehead atoms. The molecule has 4 heteroatoms. The number of likely N-dealkylation sites (tertiary alicyclic amines) is 1. The number of fused-ring (bicyclic) bond motifs is 1. The second-order valence-corrected chi connectivity index (χ2v) is 5.88. The fraction of sp³-hybridized carbons (Fsp3) is 0.471. The van der Waals surface area contributed by atoms with Crippen molar-refractivity contribution >= 4 is 22.3 Å². The molecule has 3 rings (SSSR count). The Labute approximate surface area is 126 Å². The van der Waals surface area contributed by atoms with Gasteiger partial charge in [-0.05, 0) is 32.0 Å². The molecule has 0 saturated carbocycles. The van der Waals surface area contributed by atoms with Crippen LogP contribution < -0.4 is 10.6 Å². The summed E-state index contributed by atoms with van der Waals surface area (Å²) in [5.74, 6) is 0. The van der Waals surface area contributed by atoms with Crippen LogP contribution in [-0.2, 0) is 0 Å². The van der Waals surface area contributed by atoms with Crippen molar-refractivity contribution in [3.63, 3.8) is 0 Å². The predicted molar refractivity (Wildman–Crippen MR) is 89.7 cm³/mol. The predicted octanol–water partition coefficient (Wildman–Crippen LogP) is 2.74. The number of para-hydroxylation sites is 1. The molecule has 0 spiro atoms. The van der Waals surface area contributed by atoms with Crippen molar-refractivity contribution in [1.29, 1.82) is 0 Å². The zero-order valence-corrected chi connectivity index (χ0v) is 12.9. The number of aromatic nitrogens is 1. The number of hydrogen-bond donors (Lipinski definition) is 1. The highest BCUT2D eigenvalue weighted by molar-refractivity contribution is 5.97. The molecule has 0 radical (unpaired) electrons. The Kier molecular flexibility index (Phi) is 3.97. The van der Waals surface area contributed by atoms with Crippen LogP contribution in [0.15, 0.2) is 30.5 Å². The lowest BCUT2D eigenvalue weighted by Crippen LogP contribution is -2.39. The number of rotatable bonds is 4. The molecule has 1 saturated heterocycles. The van der Waals surface area contributed by atoms with Gasteiger partial charge in [-0.15, -0.1) is 0 Å². The topological polar surface area (TPSA) is 45.4 Å². The minimum atomic E-state index is 0.631. The number of pyridine rings is 1. The second kappa shape index (κ2) is 5.90. The molecule has 1 aliphatic rings. The van der Waals surface area contributed by atoms with E-state index in [1.54, 1.807) is 6.20 Å². The molecule has 2 heterocycles. The summed E-state index contributed by atoms with van der Waals surface area (Å²) < 4.78 is 0. The lowest BCUT2D eigenvalue weighted by atomic mass is 10.1. The van der Waals surface area contributed by atoms with Gasteiger partial charge in [-0.3, -0.25) is 9.88 Å².